The Labute approximate surface area is 83.7 Å². The van der Waals surface area contributed by atoms with Gasteiger partial charge in [0.1, 0.15) is 0 Å². The topological polar surface area (TPSA) is 0 Å². The van der Waals surface area contributed by atoms with Gasteiger partial charge in [0.05, 0.1) is 0 Å². The molecule has 1 fully saturated rings. The fourth-order valence-electron chi connectivity index (χ4n) is 1.38. The van der Waals surface area contributed by atoms with Crippen LogP contribution in [0.4, 0.5) is 0 Å². The molecule has 1 aliphatic rings. The Morgan fingerprint density at radius 3 is 1.89 bits per heavy atom. The van der Waals surface area contributed by atoms with E-state index in [1.54, 1.807) is 0 Å². The van der Waals surface area contributed by atoms with Crippen LogP contribution in [0.2, 0.25) is 0 Å². The Morgan fingerprint density at radius 2 is 1.78 bits per heavy atom. The quantitative estimate of drug-likeness (QED) is 0.527. The van der Waals surface area contributed by atoms with Crippen molar-refractivity contribution in [1.29, 1.82) is 0 Å². The van der Waals surface area contributed by atoms with Gasteiger partial charge in [0.2, 0.25) is 0 Å². The normalized spacial score (nSPS) is 42.3. The maximum absolute atomic E-state index is 2.44. The summed E-state index contributed by atoms with van der Waals surface area (Å²) in [6.07, 6.45) is 3.78. The summed E-state index contributed by atoms with van der Waals surface area (Å²) in [5.74, 6) is 2.73. The molecule has 3 atom stereocenters. The van der Waals surface area contributed by atoms with E-state index in [0.717, 1.165) is 17.8 Å². The molecular formula is C8H15Y-. The van der Waals surface area contributed by atoms with Crippen LogP contribution in [-0.2, 0) is 32.7 Å². The van der Waals surface area contributed by atoms with E-state index in [1.165, 1.54) is 6.42 Å². The van der Waals surface area contributed by atoms with E-state index in [2.05, 4.69) is 27.2 Å². The summed E-state index contributed by atoms with van der Waals surface area (Å²) in [4.78, 5) is 0. The second kappa shape index (κ2) is 4.08. The molecule has 51 valence electrons. The third-order valence-corrected chi connectivity index (χ3v) is 2.61. The molecular weight excluding hydrogens is 185 g/mol. The van der Waals surface area contributed by atoms with Gasteiger partial charge in [-0.25, -0.2) is 0 Å². The molecule has 0 bridgehead atoms. The van der Waals surface area contributed by atoms with Crippen LogP contribution in [0.1, 0.15) is 27.2 Å². The van der Waals surface area contributed by atoms with Crippen molar-refractivity contribution in [2.24, 2.45) is 17.8 Å². The first-order valence-corrected chi connectivity index (χ1v) is 3.55. The summed E-state index contributed by atoms with van der Waals surface area (Å²) in [6, 6.07) is 0. The van der Waals surface area contributed by atoms with E-state index in [9.17, 15) is 0 Å². The standard InChI is InChI=1S/C8H15.Y/c1-6-4-5-7(2)8(6)3;/h4,6-8H,5H2,1-3H3;/q-1;/t6?,7-,8?;/m1./s1. The van der Waals surface area contributed by atoms with Gasteiger partial charge < -0.3 is 6.42 Å². The van der Waals surface area contributed by atoms with Gasteiger partial charge in [0, 0.05) is 32.7 Å². The van der Waals surface area contributed by atoms with Crippen molar-refractivity contribution < 1.29 is 32.7 Å². The number of rotatable bonds is 0. The number of hydrogen-bond acceptors (Lipinski definition) is 0. The SMILES string of the molecule is CC1[CH-]C[C@@H](C)C1C.[Y]. The molecule has 1 aliphatic carbocycles. The van der Waals surface area contributed by atoms with E-state index < -0.39 is 0 Å². The van der Waals surface area contributed by atoms with Crippen LogP contribution in [0.5, 0.6) is 0 Å². The Bertz CT molecular complexity index is 70.6. The summed E-state index contributed by atoms with van der Waals surface area (Å²) in [7, 11) is 0. The molecule has 0 nitrogen and oxygen atoms in total. The van der Waals surface area contributed by atoms with Crippen LogP contribution in [-0.4, -0.2) is 0 Å². The molecule has 1 rings (SSSR count). The first kappa shape index (κ1) is 10.1. The van der Waals surface area contributed by atoms with Crippen LogP contribution in [0.25, 0.3) is 0 Å². The molecule has 1 saturated carbocycles. The van der Waals surface area contributed by atoms with E-state index in [-0.39, 0.29) is 32.7 Å². The fourth-order valence-corrected chi connectivity index (χ4v) is 1.38. The second-order valence-corrected chi connectivity index (χ2v) is 3.17. The second-order valence-electron chi connectivity index (χ2n) is 3.17. The van der Waals surface area contributed by atoms with Gasteiger partial charge in [-0.1, -0.05) is 32.6 Å². The maximum atomic E-state index is 2.44. The van der Waals surface area contributed by atoms with Crippen molar-refractivity contribution >= 4 is 0 Å². The molecule has 0 saturated heterocycles. The summed E-state index contributed by atoms with van der Waals surface area (Å²) in [6.45, 7) is 7.00. The van der Waals surface area contributed by atoms with Crippen molar-refractivity contribution in [1.82, 2.24) is 0 Å². The Morgan fingerprint density at radius 1 is 1.22 bits per heavy atom. The molecule has 0 N–H and O–H groups in total. The molecule has 0 aromatic heterocycles. The number of hydrogen-bond donors (Lipinski definition) is 0. The van der Waals surface area contributed by atoms with Crippen LogP contribution in [0.3, 0.4) is 0 Å². The monoisotopic (exact) mass is 200 g/mol. The summed E-state index contributed by atoms with van der Waals surface area (Å²) < 4.78 is 0. The molecule has 0 aromatic rings. The molecule has 0 aromatic carbocycles. The minimum atomic E-state index is 0. The van der Waals surface area contributed by atoms with Crippen molar-refractivity contribution in [3.63, 3.8) is 0 Å². The van der Waals surface area contributed by atoms with Crippen LogP contribution >= 0.6 is 0 Å². The van der Waals surface area contributed by atoms with Crippen molar-refractivity contribution in [3.05, 3.63) is 6.42 Å². The van der Waals surface area contributed by atoms with Gasteiger partial charge in [0.25, 0.3) is 0 Å². The van der Waals surface area contributed by atoms with Gasteiger partial charge in [-0.2, -0.15) is 12.3 Å². The molecule has 1 radical (unpaired) electrons. The van der Waals surface area contributed by atoms with Gasteiger partial charge >= 0.3 is 0 Å². The predicted molar refractivity (Wildman–Crippen MR) is 36.4 cm³/mol. The van der Waals surface area contributed by atoms with Gasteiger partial charge in [-0.3, -0.25) is 0 Å². The van der Waals surface area contributed by atoms with Crippen molar-refractivity contribution in [2.45, 2.75) is 27.2 Å². The fraction of sp³-hybridized carbons (Fsp3) is 0.875. The first-order valence-electron chi connectivity index (χ1n) is 3.55. The van der Waals surface area contributed by atoms with Crippen LogP contribution in [0, 0.1) is 24.2 Å². The van der Waals surface area contributed by atoms with Gasteiger partial charge in [-0.05, 0) is 0 Å². The van der Waals surface area contributed by atoms with Crippen LogP contribution < -0.4 is 0 Å². The third-order valence-electron chi connectivity index (χ3n) is 2.61. The van der Waals surface area contributed by atoms with E-state index in [0.29, 0.717) is 0 Å². The predicted octanol–water partition coefficient (Wildman–Crippen LogP) is 2.50. The molecule has 2 unspecified atom stereocenters. The summed E-state index contributed by atoms with van der Waals surface area (Å²) >= 11 is 0. The smallest absolute Gasteiger partial charge is 0 e. The molecule has 0 spiro atoms. The minimum absolute atomic E-state index is 0. The molecule has 1 heteroatoms. The average Bonchev–Trinajstić information content (AvgIpc) is 1.98. The summed E-state index contributed by atoms with van der Waals surface area (Å²) in [5, 5.41) is 0. The molecule has 9 heavy (non-hydrogen) atoms. The van der Waals surface area contributed by atoms with E-state index in [1.807, 2.05) is 0 Å². The molecule has 0 aliphatic heterocycles. The van der Waals surface area contributed by atoms with Gasteiger partial charge in [-0.15, -0.1) is 0 Å². The maximum Gasteiger partial charge on any atom is 0 e. The van der Waals surface area contributed by atoms with Gasteiger partial charge in [0.15, 0.2) is 0 Å². The zero-order chi connectivity index (χ0) is 6.15. The zero-order valence-electron chi connectivity index (χ0n) is 6.59. The van der Waals surface area contributed by atoms with E-state index >= 15 is 0 Å². The van der Waals surface area contributed by atoms with Crippen molar-refractivity contribution in [2.75, 3.05) is 0 Å². The Kier molecular flexibility index (Phi) is 4.58. The Hall–Kier alpha value is 1.10. The zero-order valence-corrected chi connectivity index (χ0v) is 9.43. The Balaban J connectivity index is 0.000000640. The minimum Gasteiger partial charge on any atom is -0.325 e. The largest absolute Gasteiger partial charge is 0.325 e. The average molecular weight is 200 g/mol. The molecule has 0 amide bonds. The van der Waals surface area contributed by atoms with Crippen LogP contribution in [0.15, 0.2) is 0 Å². The third kappa shape index (κ3) is 2.31. The molecule has 0 heterocycles. The first-order chi connectivity index (χ1) is 3.72. The van der Waals surface area contributed by atoms with Crippen molar-refractivity contribution in [3.8, 4) is 0 Å². The van der Waals surface area contributed by atoms with E-state index in [4.69, 9.17) is 0 Å². The summed E-state index contributed by atoms with van der Waals surface area (Å²) in [5.41, 5.74) is 0.